The van der Waals surface area contributed by atoms with Gasteiger partial charge in [0.2, 0.25) is 0 Å². The number of benzene rings is 2. The molecule has 112 valence electrons. The average molecular weight is 333 g/mol. The van der Waals surface area contributed by atoms with Crippen LogP contribution in [0.15, 0.2) is 47.4 Å². The molecule has 1 aromatic heterocycles. The van der Waals surface area contributed by atoms with E-state index in [2.05, 4.69) is 13.5 Å². The molecule has 0 aliphatic rings. The van der Waals surface area contributed by atoms with Crippen molar-refractivity contribution in [2.45, 2.75) is 11.8 Å². The molecule has 0 bridgehead atoms. The van der Waals surface area contributed by atoms with Crippen LogP contribution in [0.4, 0.5) is 5.69 Å². The Kier molecular flexibility index (Phi) is 3.63. The summed E-state index contributed by atoms with van der Waals surface area (Å²) in [4.78, 5) is 11.4. The minimum Gasteiger partial charge on any atom is -0.295 e. The van der Waals surface area contributed by atoms with Crippen molar-refractivity contribution in [3.63, 3.8) is 0 Å². The van der Waals surface area contributed by atoms with Gasteiger partial charge in [-0.25, -0.2) is 8.42 Å². The zero-order valence-electron chi connectivity index (χ0n) is 11.5. The summed E-state index contributed by atoms with van der Waals surface area (Å²) in [6, 6.07) is 11.1. The van der Waals surface area contributed by atoms with Crippen molar-refractivity contribution < 1.29 is 13.2 Å². The normalized spacial score (nSPS) is 11.5. The molecule has 0 spiro atoms. The highest BCUT2D eigenvalue weighted by Crippen LogP contribution is 2.23. The van der Waals surface area contributed by atoms with Crippen LogP contribution >= 0.6 is 11.7 Å². The summed E-state index contributed by atoms with van der Waals surface area (Å²) in [6.45, 7) is 1.43. The first-order valence-electron chi connectivity index (χ1n) is 6.32. The average Bonchev–Trinajstić information content (AvgIpc) is 2.95. The zero-order chi connectivity index (χ0) is 15.7. The summed E-state index contributed by atoms with van der Waals surface area (Å²) in [7, 11) is -3.81. The fraction of sp³-hybridized carbons (Fsp3) is 0.0714. The number of hydrogen-bond acceptors (Lipinski definition) is 6. The zero-order valence-corrected chi connectivity index (χ0v) is 13.1. The van der Waals surface area contributed by atoms with Crippen molar-refractivity contribution >= 4 is 44.3 Å². The summed E-state index contributed by atoms with van der Waals surface area (Å²) < 4.78 is 35.6. The second-order valence-electron chi connectivity index (χ2n) is 4.63. The van der Waals surface area contributed by atoms with E-state index >= 15 is 0 Å². The Balaban J connectivity index is 2.02. The van der Waals surface area contributed by atoms with Crippen molar-refractivity contribution in [1.82, 2.24) is 8.75 Å². The van der Waals surface area contributed by atoms with Gasteiger partial charge in [0.15, 0.2) is 5.78 Å². The number of hydrogen-bond donors (Lipinski definition) is 1. The largest absolute Gasteiger partial charge is 0.295 e. The van der Waals surface area contributed by atoms with Crippen LogP contribution in [-0.4, -0.2) is 22.9 Å². The van der Waals surface area contributed by atoms with Gasteiger partial charge in [0.1, 0.15) is 15.9 Å². The molecule has 0 atom stereocenters. The number of ketones is 1. The third kappa shape index (κ3) is 2.70. The fourth-order valence-corrected chi connectivity index (χ4v) is 3.83. The van der Waals surface area contributed by atoms with E-state index in [1.165, 1.54) is 19.1 Å². The third-order valence-corrected chi connectivity index (χ3v) is 5.02. The Labute approximate surface area is 131 Å². The van der Waals surface area contributed by atoms with Gasteiger partial charge in [-0.05, 0) is 31.2 Å². The number of nitrogens with zero attached hydrogens (tertiary/aromatic N) is 2. The summed E-state index contributed by atoms with van der Waals surface area (Å²) in [5.41, 5.74) is 1.63. The highest BCUT2D eigenvalue weighted by Gasteiger charge is 2.19. The molecule has 0 saturated carbocycles. The van der Waals surface area contributed by atoms with E-state index < -0.39 is 10.0 Å². The lowest BCUT2D eigenvalue weighted by molar-refractivity contribution is 0.101. The van der Waals surface area contributed by atoms with Gasteiger partial charge >= 0.3 is 0 Å². The second kappa shape index (κ2) is 5.47. The number of aromatic nitrogens is 2. The number of Topliss-reactive ketones (excluding diaryl/α,β-unsaturated/α-hetero) is 1. The van der Waals surface area contributed by atoms with Gasteiger partial charge in [-0.15, -0.1) is 0 Å². The molecule has 0 unspecified atom stereocenters. The summed E-state index contributed by atoms with van der Waals surface area (Å²) in [5.74, 6) is -0.133. The lowest BCUT2D eigenvalue weighted by atomic mass is 10.1. The number of fused-ring (bicyclic) bond motifs is 1. The molecule has 2 aromatic carbocycles. The van der Waals surface area contributed by atoms with Crippen LogP contribution in [-0.2, 0) is 10.0 Å². The lowest BCUT2D eigenvalue weighted by Crippen LogP contribution is -2.13. The van der Waals surface area contributed by atoms with Gasteiger partial charge in [0, 0.05) is 11.3 Å². The van der Waals surface area contributed by atoms with Crippen LogP contribution in [0.25, 0.3) is 11.0 Å². The summed E-state index contributed by atoms with van der Waals surface area (Å²) in [6.07, 6.45) is 0. The first kappa shape index (κ1) is 14.6. The van der Waals surface area contributed by atoms with Crippen LogP contribution in [0.1, 0.15) is 17.3 Å². The monoisotopic (exact) mass is 333 g/mol. The molecule has 0 radical (unpaired) electrons. The molecule has 0 saturated heterocycles. The molecule has 0 aliphatic heterocycles. The molecule has 22 heavy (non-hydrogen) atoms. The molecule has 6 nitrogen and oxygen atoms in total. The smallest absolute Gasteiger partial charge is 0.264 e. The highest BCUT2D eigenvalue weighted by atomic mass is 32.2. The maximum absolute atomic E-state index is 12.5. The predicted molar refractivity (Wildman–Crippen MR) is 84.7 cm³/mol. The molecule has 8 heteroatoms. The summed E-state index contributed by atoms with van der Waals surface area (Å²) in [5, 5.41) is 0. The van der Waals surface area contributed by atoms with Crippen LogP contribution in [0, 0.1) is 0 Å². The molecule has 3 aromatic rings. The Morgan fingerprint density at radius 3 is 2.68 bits per heavy atom. The van der Waals surface area contributed by atoms with E-state index in [0.717, 1.165) is 11.7 Å². The topological polar surface area (TPSA) is 89.0 Å². The molecule has 0 amide bonds. The van der Waals surface area contributed by atoms with Gasteiger partial charge in [-0.3, -0.25) is 9.52 Å². The molecule has 3 rings (SSSR count). The summed E-state index contributed by atoms with van der Waals surface area (Å²) >= 11 is 0.959. The Bertz CT molecular complexity index is 964. The van der Waals surface area contributed by atoms with Crippen LogP contribution in [0.3, 0.4) is 0 Å². The van der Waals surface area contributed by atoms with E-state index in [1.807, 2.05) is 0 Å². The minimum absolute atomic E-state index is 0.0620. The van der Waals surface area contributed by atoms with E-state index in [0.29, 0.717) is 22.3 Å². The number of sulfonamides is 1. The van der Waals surface area contributed by atoms with Crippen LogP contribution in [0.5, 0.6) is 0 Å². The van der Waals surface area contributed by atoms with Gasteiger partial charge < -0.3 is 0 Å². The third-order valence-electron chi connectivity index (χ3n) is 3.06. The number of rotatable bonds is 4. The quantitative estimate of drug-likeness (QED) is 0.742. The predicted octanol–water partition coefficient (Wildman–Crippen LogP) is 2.69. The van der Waals surface area contributed by atoms with E-state index in [4.69, 9.17) is 0 Å². The van der Waals surface area contributed by atoms with Gasteiger partial charge in [-0.2, -0.15) is 8.75 Å². The van der Waals surface area contributed by atoms with Crippen LogP contribution in [0.2, 0.25) is 0 Å². The van der Waals surface area contributed by atoms with Gasteiger partial charge in [0.05, 0.1) is 11.7 Å². The minimum atomic E-state index is -3.81. The van der Waals surface area contributed by atoms with E-state index in [-0.39, 0.29) is 10.7 Å². The van der Waals surface area contributed by atoms with E-state index in [1.54, 1.807) is 30.3 Å². The van der Waals surface area contributed by atoms with Crippen molar-refractivity contribution in [3.05, 3.63) is 48.0 Å². The molecule has 1 heterocycles. The molecule has 0 aliphatic carbocycles. The molecular weight excluding hydrogens is 322 g/mol. The number of anilines is 1. The Morgan fingerprint density at radius 1 is 1.14 bits per heavy atom. The maximum Gasteiger partial charge on any atom is 0.264 e. The fourth-order valence-electron chi connectivity index (χ4n) is 2.01. The Hall–Kier alpha value is -2.32. The van der Waals surface area contributed by atoms with Crippen LogP contribution < -0.4 is 4.72 Å². The van der Waals surface area contributed by atoms with Gasteiger partial charge in [0.25, 0.3) is 10.0 Å². The van der Waals surface area contributed by atoms with Gasteiger partial charge in [-0.1, -0.05) is 18.2 Å². The van der Waals surface area contributed by atoms with Crippen molar-refractivity contribution in [3.8, 4) is 0 Å². The standard InChI is InChI=1S/C14H11N3O3S2/c1-9(18)10-4-2-5-11(8-10)17-22(19,20)13-7-3-6-12-14(13)16-21-15-12/h2-8,17H,1H3. The number of carbonyl (C=O) groups is 1. The number of nitrogens with one attached hydrogen (secondary N) is 1. The second-order valence-corrected chi connectivity index (χ2v) is 6.81. The van der Waals surface area contributed by atoms with E-state index in [9.17, 15) is 13.2 Å². The first-order chi connectivity index (χ1) is 10.5. The Morgan fingerprint density at radius 2 is 1.91 bits per heavy atom. The number of carbonyl (C=O) groups excluding carboxylic acids is 1. The van der Waals surface area contributed by atoms with Crippen molar-refractivity contribution in [1.29, 1.82) is 0 Å². The van der Waals surface area contributed by atoms with Crippen molar-refractivity contribution in [2.24, 2.45) is 0 Å². The maximum atomic E-state index is 12.5. The highest BCUT2D eigenvalue weighted by molar-refractivity contribution is 7.93. The van der Waals surface area contributed by atoms with Crippen molar-refractivity contribution in [2.75, 3.05) is 4.72 Å². The first-order valence-corrected chi connectivity index (χ1v) is 8.54. The SMILES string of the molecule is CC(=O)c1cccc(NS(=O)(=O)c2cccc3nsnc23)c1. The molecule has 1 N–H and O–H groups in total. The molecular formula is C14H11N3O3S2. The lowest BCUT2D eigenvalue weighted by Gasteiger charge is -2.09. The molecule has 0 fully saturated rings.